The third-order valence-corrected chi connectivity index (χ3v) is 3.70. The van der Waals surface area contributed by atoms with Crippen molar-refractivity contribution in [2.24, 2.45) is 0 Å². The van der Waals surface area contributed by atoms with Crippen LogP contribution in [0.2, 0.25) is 0 Å². The Morgan fingerprint density at radius 3 is 2.47 bits per heavy atom. The molecule has 1 atom stereocenters. The molecule has 0 spiro atoms. The van der Waals surface area contributed by atoms with Gasteiger partial charge in [-0.1, -0.05) is 46.3 Å². The molecule has 2 nitrogen and oxygen atoms in total. The van der Waals surface area contributed by atoms with Gasteiger partial charge in [0, 0.05) is 5.56 Å². The van der Waals surface area contributed by atoms with Gasteiger partial charge in [-0.25, -0.2) is 4.39 Å². The van der Waals surface area contributed by atoms with E-state index in [2.05, 4.69) is 15.9 Å². The molecule has 4 heteroatoms. The maximum atomic E-state index is 13.6. The SMILES string of the molecule is COc1ccc(C(=O)[C@H](Br)c2ccccc2)cc1F. The van der Waals surface area contributed by atoms with Crippen LogP contribution in [0.5, 0.6) is 5.75 Å². The van der Waals surface area contributed by atoms with Crippen LogP contribution in [0, 0.1) is 5.82 Å². The van der Waals surface area contributed by atoms with Gasteiger partial charge in [-0.05, 0) is 23.8 Å². The lowest BCUT2D eigenvalue weighted by atomic mass is 10.0. The van der Waals surface area contributed by atoms with Crippen LogP contribution >= 0.6 is 15.9 Å². The predicted molar refractivity (Wildman–Crippen MR) is 75.4 cm³/mol. The first-order valence-electron chi connectivity index (χ1n) is 5.70. The largest absolute Gasteiger partial charge is 0.494 e. The summed E-state index contributed by atoms with van der Waals surface area (Å²) in [5.41, 5.74) is 1.15. The third kappa shape index (κ3) is 3.01. The maximum absolute atomic E-state index is 13.6. The van der Waals surface area contributed by atoms with E-state index in [4.69, 9.17) is 4.74 Å². The summed E-state index contributed by atoms with van der Waals surface area (Å²) in [7, 11) is 1.39. The molecule has 0 saturated heterocycles. The molecule has 2 aromatic rings. The van der Waals surface area contributed by atoms with Crippen LogP contribution < -0.4 is 4.74 Å². The first-order chi connectivity index (χ1) is 9.13. The monoisotopic (exact) mass is 322 g/mol. The van der Waals surface area contributed by atoms with Gasteiger partial charge in [0.05, 0.1) is 7.11 Å². The van der Waals surface area contributed by atoms with Crippen LogP contribution in [0.15, 0.2) is 48.5 Å². The Balaban J connectivity index is 2.27. The Hall–Kier alpha value is -1.68. The number of benzene rings is 2. The Bertz CT molecular complexity index is 584. The fraction of sp³-hybridized carbons (Fsp3) is 0.133. The van der Waals surface area contributed by atoms with Crippen molar-refractivity contribution < 1.29 is 13.9 Å². The van der Waals surface area contributed by atoms with Crippen molar-refractivity contribution in [1.29, 1.82) is 0 Å². The van der Waals surface area contributed by atoms with Crippen LogP contribution in [0.1, 0.15) is 20.7 Å². The van der Waals surface area contributed by atoms with E-state index in [1.54, 1.807) is 6.07 Å². The van der Waals surface area contributed by atoms with E-state index in [-0.39, 0.29) is 11.5 Å². The maximum Gasteiger partial charge on any atom is 0.180 e. The van der Waals surface area contributed by atoms with Crippen LogP contribution in [-0.4, -0.2) is 12.9 Å². The average Bonchev–Trinajstić information content (AvgIpc) is 2.46. The van der Waals surface area contributed by atoms with Crippen LogP contribution in [0.3, 0.4) is 0 Å². The second-order valence-electron chi connectivity index (χ2n) is 3.99. The van der Waals surface area contributed by atoms with E-state index in [9.17, 15) is 9.18 Å². The molecule has 0 aliphatic rings. The molecule has 0 N–H and O–H groups in total. The number of alkyl halides is 1. The highest BCUT2D eigenvalue weighted by atomic mass is 79.9. The molecule has 2 aromatic carbocycles. The molecule has 0 aliphatic carbocycles. The van der Waals surface area contributed by atoms with E-state index >= 15 is 0 Å². The van der Waals surface area contributed by atoms with Gasteiger partial charge >= 0.3 is 0 Å². The van der Waals surface area contributed by atoms with Crippen molar-refractivity contribution >= 4 is 21.7 Å². The number of hydrogen-bond acceptors (Lipinski definition) is 2. The highest BCUT2D eigenvalue weighted by Crippen LogP contribution is 2.28. The molecule has 0 amide bonds. The molecule has 0 heterocycles. The van der Waals surface area contributed by atoms with Crippen molar-refractivity contribution in [2.45, 2.75) is 4.83 Å². The molecular formula is C15H12BrFO2. The number of methoxy groups -OCH3 is 1. The summed E-state index contributed by atoms with van der Waals surface area (Å²) < 4.78 is 18.4. The van der Waals surface area contributed by atoms with E-state index in [1.165, 1.54) is 19.2 Å². The number of ether oxygens (including phenoxy) is 1. The molecule has 98 valence electrons. The number of hydrogen-bond donors (Lipinski definition) is 0. The highest BCUT2D eigenvalue weighted by Gasteiger charge is 2.19. The first kappa shape index (κ1) is 13.7. The first-order valence-corrected chi connectivity index (χ1v) is 6.62. The summed E-state index contributed by atoms with van der Waals surface area (Å²) in [5.74, 6) is -0.601. The van der Waals surface area contributed by atoms with Gasteiger partial charge in [0.1, 0.15) is 4.83 Å². The molecule has 0 aliphatic heterocycles. The highest BCUT2D eigenvalue weighted by molar-refractivity contribution is 9.09. The zero-order chi connectivity index (χ0) is 13.8. The quantitative estimate of drug-likeness (QED) is 0.624. The lowest BCUT2D eigenvalue weighted by molar-refractivity contribution is 0.0991. The molecule has 0 aromatic heterocycles. The Morgan fingerprint density at radius 2 is 1.89 bits per heavy atom. The minimum Gasteiger partial charge on any atom is -0.494 e. The van der Waals surface area contributed by atoms with Gasteiger partial charge in [-0.2, -0.15) is 0 Å². The summed E-state index contributed by atoms with van der Waals surface area (Å²) in [6, 6.07) is 13.5. The molecule has 0 bridgehead atoms. The molecule has 19 heavy (non-hydrogen) atoms. The van der Waals surface area contributed by atoms with Gasteiger partial charge in [0.15, 0.2) is 17.3 Å². The van der Waals surface area contributed by atoms with Crippen molar-refractivity contribution in [3.05, 3.63) is 65.5 Å². The fourth-order valence-electron chi connectivity index (χ4n) is 1.74. The number of Topliss-reactive ketones (excluding diaryl/α,β-unsaturated/α-hetero) is 1. The third-order valence-electron chi connectivity index (χ3n) is 2.76. The molecule has 0 fully saturated rings. The van der Waals surface area contributed by atoms with Gasteiger partial charge in [0.25, 0.3) is 0 Å². The average molecular weight is 323 g/mol. The van der Waals surface area contributed by atoms with Crippen molar-refractivity contribution in [3.63, 3.8) is 0 Å². The van der Waals surface area contributed by atoms with Crippen molar-refractivity contribution in [1.82, 2.24) is 0 Å². The van der Waals surface area contributed by atoms with Gasteiger partial charge in [-0.3, -0.25) is 4.79 Å². The Labute approximate surface area is 119 Å². The summed E-state index contributed by atoms with van der Waals surface area (Å²) >= 11 is 3.35. The zero-order valence-electron chi connectivity index (χ0n) is 10.3. The number of rotatable bonds is 4. The van der Waals surface area contributed by atoms with Crippen LogP contribution in [0.25, 0.3) is 0 Å². The lowest BCUT2D eigenvalue weighted by Crippen LogP contribution is -2.07. The molecule has 0 radical (unpaired) electrons. The smallest absolute Gasteiger partial charge is 0.180 e. The molecule has 2 rings (SSSR count). The second-order valence-corrected chi connectivity index (χ2v) is 4.90. The van der Waals surface area contributed by atoms with Gasteiger partial charge in [-0.15, -0.1) is 0 Å². The van der Waals surface area contributed by atoms with Crippen molar-refractivity contribution in [3.8, 4) is 5.75 Å². The number of carbonyl (C=O) groups is 1. The number of halogens is 2. The van der Waals surface area contributed by atoms with E-state index in [1.807, 2.05) is 30.3 Å². The molecular weight excluding hydrogens is 311 g/mol. The van der Waals surface area contributed by atoms with Crippen LogP contribution in [-0.2, 0) is 0 Å². The minimum atomic E-state index is -0.541. The van der Waals surface area contributed by atoms with E-state index in [0.29, 0.717) is 5.56 Å². The minimum absolute atomic E-state index is 0.127. The zero-order valence-corrected chi connectivity index (χ0v) is 11.9. The Morgan fingerprint density at radius 1 is 1.21 bits per heavy atom. The summed E-state index contributed by atoms with van der Waals surface area (Å²) in [6.07, 6.45) is 0. The molecule has 0 unspecified atom stereocenters. The summed E-state index contributed by atoms with van der Waals surface area (Å²) in [5, 5.41) is 0. The standard InChI is InChI=1S/C15H12BrFO2/c1-19-13-8-7-11(9-12(13)17)15(18)14(16)10-5-3-2-4-6-10/h2-9,14H,1H3/t14-/m1/s1. The van der Waals surface area contributed by atoms with E-state index in [0.717, 1.165) is 5.56 Å². The Kier molecular flexibility index (Phi) is 4.32. The van der Waals surface area contributed by atoms with E-state index < -0.39 is 10.6 Å². The van der Waals surface area contributed by atoms with Crippen LogP contribution in [0.4, 0.5) is 4.39 Å². The summed E-state index contributed by atoms with van der Waals surface area (Å²) in [4.78, 5) is 11.8. The van der Waals surface area contributed by atoms with Gasteiger partial charge in [0.2, 0.25) is 0 Å². The summed E-state index contributed by atoms with van der Waals surface area (Å²) in [6.45, 7) is 0. The topological polar surface area (TPSA) is 26.3 Å². The normalized spacial score (nSPS) is 11.9. The second kappa shape index (κ2) is 5.97. The number of carbonyl (C=O) groups excluding carboxylic acids is 1. The molecule has 0 saturated carbocycles. The fourth-order valence-corrected chi connectivity index (χ4v) is 2.31. The number of ketones is 1. The van der Waals surface area contributed by atoms with Crippen molar-refractivity contribution in [2.75, 3.05) is 7.11 Å². The van der Waals surface area contributed by atoms with Gasteiger partial charge < -0.3 is 4.74 Å². The lowest BCUT2D eigenvalue weighted by Gasteiger charge is -2.10. The predicted octanol–water partition coefficient (Wildman–Crippen LogP) is 4.15.